The number of morpholine rings is 1. The average Bonchev–Trinajstić information content (AvgIpc) is 2.77. The van der Waals surface area contributed by atoms with Crippen LogP contribution in [0.25, 0.3) is 0 Å². The van der Waals surface area contributed by atoms with Crippen molar-refractivity contribution >= 4 is 42.2 Å². The highest BCUT2D eigenvalue weighted by Gasteiger charge is 2.16. The van der Waals surface area contributed by atoms with Gasteiger partial charge in [0.05, 0.1) is 19.4 Å². The Morgan fingerprint density at radius 1 is 0.968 bits per heavy atom. The lowest BCUT2D eigenvalue weighted by Crippen LogP contribution is -2.37. The van der Waals surface area contributed by atoms with Crippen molar-refractivity contribution in [1.82, 2.24) is 15.0 Å². The molecule has 0 bridgehead atoms. The summed E-state index contributed by atoms with van der Waals surface area (Å²) in [6.45, 7) is 4.63. The summed E-state index contributed by atoms with van der Waals surface area (Å²) in [5.41, 5.74) is 5.69. The summed E-state index contributed by atoms with van der Waals surface area (Å²) in [5, 5.41) is 7.33. The Hall–Kier alpha value is -3.30. The first-order valence-corrected chi connectivity index (χ1v) is 9.63. The van der Waals surface area contributed by atoms with E-state index >= 15 is 0 Å². The molecule has 0 spiro atoms. The van der Waals surface area contributed by atoms with Gasteiger partial charge < -0.3 is 15.0 Å². The molecular weight excluding hydrogens is 421 g/mol. The van der Waals surface area contributed by atoms with Crippen LogP contribution in [0.15, 0.2) is 53.6 Å². The fourth-order valence-corrected chi connectivity index (χ4v) is 2.85. The van der Waals surface area contributed by atoms with Crippen molar-refractivity contribution in [3.05, 3.63) is 65.5 Å². The Morgan fingerprint density at radius 3 is 2.35 bits per heavy atom. The molecule has 8 nitrogen and oxygen atoms in total. The van der Waals surface area contributed by atoms with Gasteiger partial charge in [-0.1, -0.05) is 29.8 Å². The molecule has 1 aromatic heterocycles. The minimum atomic E-state index is -0.307. The predicted octanol–water partition coefficient (Wildman–Crippen LogP) is 3.77. The lowest BCUT2D eigenvalue weighted by atomic mass is 10.2. The van der Waals surface area contributed by atoms with Crippen LogP contribution >= 0.6 is 12.4 Å². The molecule has 1 fully saturated rings. The van der Waals surface area contributed by atoms with Crippen LogP contribution < -0.4 is 15.6 Å². The van der Waals surface area contributed by atoms with Crippen LogP contribution in [-0.2, 0) is 4.74 Å². The van der Waals surface area contributed by atoms with E-state index in [1.807, 2.05) is 36.1 Å². The van der Waals surface area contributed by atoms with Crippen molar-refractivity contribution in [2.45, 2.75) is 6.92 Å². The largest absolute Gasteiger partial charge is 0.378 e. The summed E-state index contributed by atoms with van der Waals surface area (Å²) in [7, 11) is 0. The Kier molecular flexibility index (Phi) is 7.69. The standard InChI is InChI=1S/C21H22FN7O.ClH/c1-15-2-4-16(5-3-15)14-23-28-20-25-19(24-18-8-6-17(22)7-9-18)26-21(27-20)29-10-12-30-13-11-29;/h2-9,14H,10-13H2,1H3,(H2,24,25,26,27,28);1H/b23-14+;. The number of benzene rings is 2. The molecule has 0 saturated carbocycles. The topological polar surface area (TPSA) is 87.6 Å². The van der Waals surface area contributed by atoms with Gasteiger partial charge in [-0.25, -0.2) is 9.82 Å². The molecule has 1 aliphatic rings. The number of ether oxygens (including phenoxy) is 1. The fourth-order valence-electron chi connectivity index (χ4n) is 2.85. The SMILES string of the molecule is Cc1ccc(/C=N/Nc2nc(Nc3ccc(F)cc3)nc(N3CCOCC3)n2)cc1.Cl. The van der Waals surface area contributed by atoms with Crippen molar-refractivity contribution in [1.29, 1.82) is 0 Å². The summed E-state index contributed by atoms with van der Waals surface area (Å²) in [6, 6.07) is 14.0. The highest BCUT2D eigenvalue weighted by atomic mass is 35.5. The van der Waals surface area contributed by atoms with E-state index in [2.05, 4.69) is 30.8 Å². The molecule has 1 saturated heterocycles. The number of anilines is 4. The van der Waals surface area contributed by atoms with Gasteiger partial charge in [0, 0.05) is 18.8 Å². The summed E-state index contributed by atoms with van der Waals surface area (Å²) >= 11 is 0. The van der Waals surface area contributed by atoms with Gasteiger partial charge in [0.2, 0.25) is 17.8 Å². The van der Waals surface area contributed by atoms with Crippen LogP contribution in [0.5, 0.6) is 0 Å². The number of hydrazone groups is 1. The first-order valence-electron chi connectivity index (χ1n) is 9.63. The van der Waals surface area contributed by atoms with Crippen molar-refractivity contribution in [3.8, 4) is 0 Å². The van der Waals surface area contributed by atoms with Crippen molar-refractivity contribution in [3.63, 3.8) is 0 Å². The summed E-state index contributed by atoms with van der Waals surface area (Å²) in [4.78, 5) is 15.4. The number of hydrogen-bond donors (Lipinski definition) is 2. The van der Waals surface area contributed by atoms with E-state index in [4.69, 9.17) is 4.74 Å². The minimum Gasteiger partial charge on any atom is -0.378 e. The van der Waals surface area contributed by atoms with Gasteiger partial charge >= 0.3 is 0 Å². The summed E-state index contributed by atoms with van der Waals surface area (Å²) in [6.07, 6.45) is 1.70. The van der Waals surface area contributed by atoms with E-state index in [1.54, 1.807) is 18.3 Å². The predicted molar refractivity (Wildman–Crippen MR) is 122 cm³/mol. The van der Waals surface area contributed by atoms with E-state index in [0.29, 0.717) is 49.8 Å². The summed E-state index contributed by atoms with van der Waals surface area (Å²) < 4.78 is 18.6. The normalized spacial score (nSPS) is 13.7. The lowest BCUT2D eigenvalue weighted by molar-refractivity contribution is 0.122. The Bertz CT molecular complexity index is 1010. The number of aromatic nitrogens is 3. The van der Waals surface area contributed by atoms with Gasteiger partial charge in [0.15, 0.2) is 0 Å². The molecule has 0 unspecified atom stereocenters. The van der Waals surface area contributed by atoms with E-state index in [0.717, 1.165) is 5.56 Å². The molecule has 0 radical (unpaired) electrons. The van der Waals surface area contributed by atoms with Crippen LogP contribution in [0.3, 0.4) is 0 Å². The van der Waals surface area contributed by atoms with Crippen molar-refractivity contribution in [2.24, 2.45) is 5.10 Å². The molecule has 4 rings (SSSR count). The number of nitrogens with one attached hydrogen (secondary N) is 2. The third kappa shape index (κ3) is 6.34. The Labute approximate surface area is 186 Å². The van der Waals surface area contributed by atoms with E-state index in [-0.39, 0.29) is 18.2 Å². The maximum Gasteiger partial charge on any atom is 0.250 e. The third-order valence-corrected chi connectivity index (χ3v) is 4.47. The van der Waals surface area contributed by atoms with Crippen molar-refractivity contribution < 1.29 is 9.13 Å². The molecule has 10 heteroatoms. The molecule has 2 N–H and O–H groups in total. The van der Waals surface area contributed by atoms with Gasteiger partial charge in [-0.2, -0.15) is 20.1 Å². The highest BCUT2D eigenvalue weighted by Crippen LogP contribution is 2.19. The Balaban J connectivity index is 0.00000272. The second-order valence-electron chi connectivity index (χ2n) is 6.79. The minimum absolute atomic E-state index is 0. The van der Waals surface area contributed by atoms with Crippen LogP contribution in [0.1, 0.15) is 11.1 Å². The molecule has 0 amide bonds. The zero-order valence-electron chi connectivity index (χ0n) is 17.0. The molecular formula is C21H23ClFN7O. The number of halogens is 2. The second kappa shape index (κ2) is 10.6. The van der Waals surface area contributed by atoms with Crippen LogP contribution in [-0.4, -0.2) is 47.5 Å². The smallest absolute Gasteiger partial charge is 0.250 e. The molecule has 2 aromatic carbocycles. The fraction of sp³-hybridized carbons (Fsp3) is 0.238. The quantitative estimate of drug-likeness (QED) is 0.443. The van der Waals surface area contributed by atoms with Gasteiger partial charge in [-0.05, 0) is 36.8 Å². The van der Waals surface area contributed by atoms with Crippen LogP contribution in [0.2, 0.25) is 0 Å². The first kappa shape index (κ1) is 22.4. The van der Waals surface area contributed by atoms with Crippen LogP contribution in [0.4, 0.5) is 27.9 Å². The molecule has 0 aliphatic carbocycles. The molecule has 1 aliphatic heterocycles. The number of aryl methyl sites for hydroxylation is 1. The van der Waals surface area contributed by atoms with E-state index in [1.165, 1.54) is 17.7 Å². The molecule has 3 aromatic rings. The first-order chi connectivity index (χ1) is 14.7. The lowest BCUT2D eigenvalue weighted by Gasteiger charge is -2.27. The summed E-state index contributed by atoms with van der Waals surface area (Å²) in [5.74, 6) is 0.856. The number of nitrogens with zero attached hydrogens (tertiary/aromatic N) is 5. The number of hydrogen-bond acceptors (Lipinski definition) is 8. The zero-order chi connectivity index (χ0) is 20.8. The maximum absolute atomic E-state index is 13.2. The molecule has 31 heavy (non-hydrogen) atoms. The Morgan fingerprint density at radius 2 is 1.65 bits per heavy atom. The molecule has 2 heterocycles. The van der Waals surface area contributed by atoms with Crippen LogP contribution in [0, 0.1) is 12.7 Å². The maximum atomic E-state index is 13.2. The van der Waals surface area contributed by atoms with Gasteiger partial charge in [-0.3, -0.25) is 0 Å². The zero-order valence-corrected chi connectivity index (χ0v) is 17.8. The van der Waals surface area contributed by atoms with Crippen molar-refractivity contribution in [2.75, 3.05) is 41.9 Å². The van der Waals surface area contributed by atoms with Gasteiger partial charge in [0.1, 0.15) is 5.82 Å². The van der Waals surface area contributed by atoms with E-state index in [9.17, 15) is 4.39 Å². The molecule has 162 valence electrons. The van der Waals surface area contributed by atoms with E-state index < -0.39 is 0 Å². The molecule has 0 atom stereocenters. The van der Waals surface area contributed by atoms with Gasteiger partial charge in [0.25, 0.3) is 0 Å². The third-order valence-electron chi connectivity index (χ3n) is 4.47. The monoisotopic (exact) mass is 443 g/mol. The van der Waals surface area contributed by atoms with Gasteiger partial charge in [-0.15, -0.1) is 12.4 Å². The average molecular weight is 444 g/mol. The highest BCUT2D eigenvalue weighted by molar-refractivity contribution is 5.85. The number of rotatable bonds is 6. The second-order valence-corrected chi connectivity index (χ2v) is 6.79.